The van der Waals surface area contributed by atoms with Gasteiger partial charge in [0.2, 0.25) is 0 Å². The molecule has 0 aliphatic rings. The van der Waals surface area contributed by atoms with Crippen molar-refractivity contribution in [1.82, 2.24) is 0 Å². The Bertz CT molecular complexity index is 830. The lowest BCUT2D eigenvalue weighted by molar-refractivity contribution is -0.103. The van der Waals surface area contributed by atoms with Gasteiger partial charge in [-0.1, -0.05) is 52.0 Å². The van der Waals surface area contributed by atoms with Crippen molar-refractivity contribution in [1.29, 1.82) is 0 Å². The predicted molar refractivity (Wildman–Crippen MR) is 149 cm³/mol. The molecular weight excluding hydrogens is 472 g/mol. The molecule has 0 radical (unpaired) electrons. The second-order valence-corrected chi connectivity index (χ2v) is 15.6. The number of allylic oxidation sites excluding steroid dienone is 2. The molecule has 0 aromatic heterocycles. The van der Waals surface area contributed by atoms with E-state index in [4.69, 9.17) is 23.4 Å². The van der Waals surface area contributed by atoms with Crippen molar-refractivity contribution in [2.75, 3.05) is 27.6 Å². The van der Waals surface area contributed by atoms with Gasteiger partial charge in [0.05, 0.1) is 13.2 Å². The molecule has 0 amide bonds. The van der Waals surface area contributed by atoms with Crippen LogP contribution >= 0.6 is 0 Å². The maximum atomic E-state index is 13.5. The molecule has 1 aromatic rings. The van der Waals surface area contributed by atoms with Crippen LogP contribution in [0.1, 0.15) is 62.9 Å². The van der Waals surface area contributed by atoms with Gasteiger partial charge in [-0.15, -0.1) is 13.2 Å². The zero-order valence-electron chi connectivity index (χ0n) is 23.7. The molecule has 204 valence electrons. The molecule has 1 rings (SSSR count). The minimum absolute atomic E-state index is 0.0960. The second kappa shape index (κ2) is 15.3. The zero-order valence-corrected chi connectivity index (χ0v) is 24.7. The zero-order chi connectivity index (χ0) is 27.4. The summed E-state index contributed by atoms with van der Waals surface area (Å²) in [6, 6.07) is 5.53. The van der Waals surface area contributed by atoms with Crippen molar-refractivity contribution in [2.45, 2.75) is 83.7 Å². The number of benzene rings is 1. The maximum Gasteiger partial charge on any atom is 0.342 e. The Morgan fingerprint density at radius 1 is 1.14 bits per heavy atom. The van der Waals surface area contributed by atoms with Gasteiger partial charge in [0.25, 0.3) is 0 Å². The van der Waals surface area contributed by atoms with E-state index in [1.807, 2.05) is 18.2 Å². The molecule has 0 N–H and O–H groups in total. The first-order valence-electron chi connectivity index (χ1n) is 12.7. The molecule has 0 fully saturated rings. The normalized spacial score (nSPS) is 14.6. The highest BCUT2D eigenvalue weighted by Crippen LogP contribution is 2.37. The maximum absolute atomic E-state index is 13.5. The Morgan fingerprint density at radius 2 is 1.83 bits per heavy atom. The average Bonchev–Trinajstić information content (AvgIpc) is 2.80. The fourth-order valence-corrected chi connectivity index (χ4v) is 4.76. The monoisotopic (exact) mass is 520 g/mol. The van der Waals surface area contributed by atoms with Crippen molar-refractivity contribution in [2.24, 2.45) is 5.92 Å². The molecule has 0 aliphatic carbocycles. The van der Waals surface area contributed by atoms with E-state index in [1.54, 1.807) is 26.4 Å². The molecule has 0 aliphatic heterocycles. The number of esters is 1. The molecule has 1 aromatic carbocycles. The van der Waals surface area contributed by atoms with E-state index < -0.39 is 20.4 Å². The standard InChI is InChI=1S/C29H48O6Si/c1-11-14-22(3)26(33-21-31-7)20-24(18-19-34-36(9,10)29(4,5)6)35-28(30)27-23(15-12-2)16-13-17-25(27)32-8/h11-13,16-17,22,24,26H,1-2,14-15,18-21H2,3-10H3/t22-,24-,26+/m0/s1. The third-order valence-electron chi connectivity index (χ3n) is 6.95. The third-order valence-corrected chi connectivity index (χ3v) is 11.5. The Balaban J connectivity index is 3.20. The molecule has 0 saturated carbocycles. The van der Waals surface area contributed by atoms with Crippen LogP contribution in [-0.4, -0.2) is 54.1 Å². The van der Waals surface area contributed by atoms with Crippen LogP contribution in [0.4, 0.5) is 0 Å². The van der Waals surface area contributed by atoms with Gasteiger partial charge in [0, 0.05) is 26.6 Å². The highest BCUT2D eigenvalue weighted by Gasteiger charge is 2.37. The highest BCUT2D eigenvalue weighted by molar-refractivity contribution is 6.74. The summed E-state index contributed by atoms with van der Waals surface area (Å²) in [5.74, 6) is 0.258. The minimum Gasteiger partial charge on any atom is -0.496 e. The van der Waals surface area contributed by atoms with Gasteiger partial charge >= 0.3 is 5.97 Å². The second-order valence-electron chi connectivity index (χ2n) is 10.8. The lowest BCUT2D eigenvalue weighted by atomic mass is 9.95. The first-order chi connectivity index (χ1) is 16.9. The molecular formula is C29H48O6Si. The van der Waals surface area contributed by atoms with Crippen LogP contribution in [0.25, 0.3) is 0 Å². The number of methoxy groups -OCH3 is 2. The fourth-order valence-electron chi connectivity index (χ4n) is 3.70. The largest absolute Gasteiger partial charge is 0.496 e. The summed E-state index contributed by atoms with van der Waals surface area (Å²) in [6.07, 6.45) is 5.49. The lowest BCUT2D eigenvalue weighted by Gasteiger charge is -2.36. The topological polar surface area (TPSA) is 63.2 Å². The number of rotatable bonds is 17. The SMILES string of the molecule is C=CCc1cccc(OC)c1C(=O)O[C@@H](CCO[Si](C)(C)C(C)(C)C)C[C@@H](OCOC)[C@@H](C)CC=C. The molecule has 0 spiro atoms. The molecule has 7 heteroatoms. The molecule has 3 atom stereocenters. The van der Waals surface area contributed by atoms with E-state index in [0.717, 1.165) is 12.0 Å². The fraction of sp³-hybridized carbons (Fsp3) is 0.621. The van der Waals surface area contributed by atoms with Gasteiger partial charge in [0.1, 0.15) is 24.2 Å². The van der Waals surface area contributed by atoms with E-state index in [1.165, 1.54) is 0 Å². The van der Waals surface area contributed by atoms with Crippen molar-refractivity contribution in [3.63, 3.8) is 0 Å². The van der Waals surface area contributed by atoms with Gasteiger partial charge in [-0.25, -0.2) is 4.79 Å². The molecule has 0 heterocycles. The molecule has 6 nitrogen and oxygen atoms in total. The van der Waals surface area contributed by atoms with Gasteiger partial charge in [-0.05, 0) is 48.5 Å². The van der Waals surface area contributed by atoms with Crippen molar-refractivity contribution >= 4 is 14.3 Å². The lowest BCUT2D eigenvalue weighted by Crippen LogP contribution is -2.41. The van der Waals surface area contributed by atoms with Crippen molar-refractivity contribution in [3.05, 3.63) is 54.6 Å². The van der Waals surface area contributed by atoms with E-state index >= 15 is 0 Å². The molecule has 0 saturated heterocycles. The van der Waals surface area contributed by atoms with Gasteiger partial charge in [0.15, 0.2) is 8.32 Å². The molecule has 0 unspecified atom stereocenters. The number of ether oxygens (including phenoxy) is 4. The highest BCUT2D eigenvalue weighted by atomic mass is 28.4. The Labute approximate surface area is 220 Å². The summed E-state index contributed by atoms with van der Waals surface area (Å²) in [5.41, 5.74) is 1.25. The van der Waals surface area contributed by atoms with Crippen LogP contribution in [0.2, 0.25) is 18.1 Å². The van der Waals surface area contributed by atoms with E-state index in [2.05, 4.69) is 53.9 Å². The van der Waals surface area contributed by atoms with Crippen LogP contribution in [0.15, 0.2) is 43.5 Å². The number of carbonyl (C=O) groups excluding carboxylic acids is 1. The van der Waals surface area contributed by atoms with E-state index in [0.29, 0.717) is 37.2 Å². The molecule has 36 heavy (non-hydrogen) atoms. The number of hydrogen-bond acceptors (Lipinski definition) is 6. The average molecular weight is 521 g/mol. The van der Waals surface area contributed by atoms with E-state index in [9.17, 15) is 4.79 Å². The van der Waals surface area contributed by atoms with Crippen LogP contribution in [-0.2, 0) is 25.1 Å². The van der Waals surface area contributed by atoms with Gasteiger partial charge < -0.3 is 23.4 Å². The van der Waals surface area contributed by atoms with Crippen LogP contribution in [0, 0.1) is 5.92 Å². The van der Waals surface area contributed by atoms with Gasteiger partial charge in [-0.2, -0.15) is 0 Å². The summed E-state index contributed by atoms with van der Waals surface area (Å²) in [7, 11) is 1.21. The quantitative estimate of drug-likeness (QED) is 0.0958. The van der Waals surface area contributed by atoms with Crippen LogP contribution < -0.4 is 4.74 Å². The van der Waals surface area contributed by atoms with E-state index in [-0.39, 0.29) is 23.9 Å². The smallest absolute Gasteiger partial charge is 0.342 e. The Hall–Kier alpha value is -1.93. The van der Waals surface area contributed by atoms with Crippen LogP contribution in [0.5, 0.6) is 5.75 Å². The Kier molecular flexibility index (Phi) is 13.7. The number of hydrogen-bond donors (Lipinski definition) is 0. The molecule has 0 bridgehead atoms. The van der Waals surface area contributed by atoms with Crippen molar-refractivity contribution < 1.29 is 28.2 Å². The van der Waals surface area contributed by atoms with Crippen molar-refractivity contribution in [3.8, 4) is 5.75 Å². The van der Waals surface area contributed by atoms with Crippen LogP contribution in [0.3, 0.4) is 0 Å². The minimum atomic E-state index is -1.94. The van der Waals surface area contributed by atoms with Gasteiger partial charge in [-0.3, -0.25) is 0 Å². The number of carbonyl (C=O) groups is 1. The summed E-state index contributed by atoms with van der Waals surface area (Å²) < 4.78 is 29.2. The first kappa shape index (κ1) is 32.1. The first-order valence-corrected chi connectivity index (χ1v) is 15.7. The summed E-state index contributed by atoms with van der Waals surface area (Å²) in [6.45, 7) is 21.6. The summed E-state index contributed by atoms with van der Waals surface area (Å²) in [4.78, 5) is 13.5. The summed E-state index contributed by atoms with van der Waals surface area (Å²) >= 11 is 0. The Morgan fingerprint density at radius 3 is 2.39 bits per heavy atom. The summed E-state index contributed by atoms with van der Waals surface area (Å²) in [5, 5.41) is 0.0960. The predicted octanol–water partition coefficient (Wildman–Crippen LogP) is 6.95. The third kappa shape index (κ3) is 9.85.